The van der Waals surface area contributed by atoms with Crippen LogP contribution in [0.25, 0.3) is 0 Å². The highest BCUT2D eigenvalue weighted by atomic mass is 32.2. The summed E-state index contributed by atoms with van der Waals surface area (Å²) < 4.78 is 21.7. The van der Waals surface area contributed by atoms with Crippen molar-refractivity contribution in [3.63, 3.8) is 0 Å². The monoisotopic (exact) mass is 488 g/mol. The number of likely N-dealkylation sites (N-methyl/N-ethyl adjacent to an activating group) is 1. The van der Waals surface area contributed by atoms with Crippen LogP contribution in [0.2, 0.25) is 0 Å². The first kappa shape index (κ1) is 25.4. The standard InChI is InChI=1S/C24H28N2O7S/c1-26(13-17-14-31-19-8-4-5-9-20(19)33-17)23(28)15-32-24(29)18-7-3-6-10-21(18)34-16-22(27)25-11-12-30-2/h3-10,17H,11-16H2,1-2H3,(H,25,27). The molecular weight excluding hydrogens is 460 g/mol. The molecule has 0 aliphatic carbocycles. The minimum atomic E-state index is -0.629. The molecule has 3 rings (SSSR count). The predicted octanol–water partition coefficient (Wildman–Crippen LogP) is 2.00. The van der Waals surface area contributed by atoms with Gasteiger partial charge in [0.2, 0.25) is 5.91 Å². The average Bonchev–Trinajstić information content (AvgIpc) is 2.86. The van der Waals surface area contributed by atoms with Gasteiger partial charge in [-0.3, -0.25) is 9.59 Å². The second-order valence-corrected chi connectivity index (χ2v) is 8.49. The lowest BCUT2D eigenvalue weighted by Crippen LogP contribution is -2.43. The number of esters is 1. The molecule has 1 aliphatic rings. The number of thioether (sulfide) groups is 1. The van der Waals surface area contributed by atoms with E-state index in [2.05, 4.69) is 5.32 Å². The van der Waals surface area contributed by atoms with Crippen LogP contribution in [-0.2, 0) is 19.1 Å². The van der Waals surface area contributed by atoms with Gasteiger partial charge in [0.1, 0.15) is 6.61 Å². The van der Waals surface area contributed by atoms with Gasteiger partial charge < -0.3 is 29.2 Å². The summed E-state index contributed by atoms with van der Waals surface area (Å²) >= 11 is 1.22. The lowest BCUT2D eigenvalue weighted by atomic mass is 10.2. The van der Waals surface area contributed by atoms with Gasteiger partial charge in [-0.1, -0.05) is 24.3 Å². The van der Waals surface area contributed by atoms with Crippen molar-refractivity contribution in [3.05, 3.63) is 54.1 Å². The Labute approximate surface area is 202 Å². The van der Waals surface area contributed by atoms with Crippen molar-refractivity contribution >= 4 is 29.5 Å². The Balaban J connectivity index is 1.46. The second-order valence-electron chi connectivity index (χ2n) is 7.48. The van der Waals surface area contributed by atoms with E-state index >= 15 is 0 Å². The summed E-state index contributed by atoms with van der Waals surface area (Å²) in [6.45, 7) is 1.04. The summed E-state index contributed by atoms with van der Waals surface area (Å²) in [4.78, 5) is 39.1. The number of benzene rings is 2. The largest absolute Gasteiger partial charge is 0.486 e. The molecule has 0 fully saturated rings. The van der Waals surface area contributed by atoms with Crippen LogP contribution in [-0.4, -0.2) is 81.6 Å². The molecule has 10 heteroatoms. The highest BCUT2D eigenvalue weighted by molar-refractivity contribution is 8.00. The van der Waals surface area contributed by atoms with Crippen LogP contribution >= 0.6 is 11.8 Å². The van der Waals surface area contributed by atoms with Crippen molar-refractivity contribution in [2.24, 2.45) is 0 Å². The number of carbonyl (C=O) groups is 3. The third kappa shape index (κ3) is 7.39. The van der Waals surface area contributed by atoms with Crippen LogP contribution in [0, 0.1) is 0 Å². The van der Waals surface area contributed by atoms with E-state index in [1.54, 1.807) is 38.4 Å². The Morgan fingerprint density at radius 2 is 1.85 bits per heavy atom. The summed E-state index contributed by atoms with van der Waals surface area (Å²) in [5, 5.41) is 2.72. The number of fused-ring (bicyclic) bond motifs is 1. The third-order valence-corrected chi connectivity index (χ3v) is 5.97. The smallest absolute Gasteiger partial charge is 0.339 e. The van der Waals surface area contributed by atoms with Gasteiger partial charge in [-0.05, 0) is 24.3 Å². The van der Waals surface area contributed by atoms with Gasteiger partial charge in [0, 0.05) is 25.6 Å². The summed E-state index contributed by atoms with van der Waals surface area (Å²) in [7, 11) is 3.18. The zero-order valence-electron chi connectivity index (χ0n) is 19.2. The normalized spacial score (nSPS) is 14.2. The van der Waals surface area contributed by atoms with Gasteiger partial charge in [-0.25, -0.2) is 4.79 Å². The molecule has 1 heterocycles. The van der Waals surface area contributed by atoms with Crippen molar-refractivity contribution in [2.75, 3.05) is 52.8 Å². The maximum Gasteiger partial charge on any atom is 0.339 e. The summed E-state index contributed by atoms with van der Waals surface area (Å²) in [6, 6.07) is 14.1. The quantitative estimate of drug-likeness (QED) is 0.291. The summed E-state index contributed by atoms with van der Waals surface area (Å²) in [5.74, 6) is 0.286. The van der Waals surface area contributed by atoms with Gasteiger partial charge in [-0.15, -0.1) is 11.8 Å². The molecular formula is C24H28N2O7S. The molecule has 0 saturated heterocycles. The highest BCUT2D eigenvalue weighted by Crippen LogP contribution is 2.31. The summed E-state index contributed by atoms with van der Waals surface area (Å²) in [5.41, 5.74) is 0.299. The molecule has 9 nitrogen and oxygen atoms in total. The van der Waals surface area contributed by atoms with Crippen molar-refractivity contribution in [2.45, 2.75) is 11.0 Å². The van der Waals surface area contributed by atoms with Crippen LogP contribution in [0.15, 0.2) is 53.4 Å². The lowest BCUT2D eigenvalue weighted by molar-refractivity contribution is -0.134. The van der Waals surface area contributed by atoms with Crippen molar-refractivity contribution in [1.29, 1.82) is 0 Å². The number of amides is 2. The molecule has 2 aromatic carbocycles. The Morgan fingerprint density at radius 1 is 1.12 bits per heavy atom. The van der Waals surface area contributed by atoms with Crippen molar-refractivity contribution in [1.82, 2.24) is 10.2 Å². The Morgan fingerprint density at radius 3 is 2.65 bits per heavy atom. The van der Waals surface area contributed by atoms with Gasteiger partial charge in [0.25, 0.3) is 5.91 Å². The van der Waals surface area contributed by atoms with Gasteiger partial charge in [0.15, 0.2) is 24.2 Å². The molecule has 2 amide bonds. The van der Waals surface area contributed by atoms with Crippen LogP contribution in [0.1, 0.15) is 10.4 Å². The van der Waals surface area contributed by atoms with Crippen molar-refractivity contribution < 1.29 is 33.3 Å². The fraction of sp³-hybridized carbons (Fsp3) is 0.375. The van der Waals surface area contributed by atoms with Crippen LogP contribution in [0.5, 0.6) is 11.5 Å². The van der Waals surface area contributed by atoms with E-state index in [9.17, 15) is 14.4 Å². The average molecular weight is 489 g/mol. The second kappa shape index (κ2) is 12.9. The van der Waals surface area contributed by atoms with Gasteiger partial charge in [0.05, 0.1) is 24.5 Å². The van der Waals surface area contributed by atoms with Crippen LogP contribution in [0.4, 0.5) is 0 Å². The van der Waals surface area contributed by atoms with E-state index in [1.807, 2.05) is 24.3 Å². The van der Waals surface area contributed by atoms with Gasteiger partial charge in [-0.2, -0.15) is 0 Å². The number of ether oxygens (including phenoxy) is 4. The molecule has 1 atom stereocenters. The number of methoxy groups -OCH3 is 1. The fourth-order valence-electron chi connectivity index (χ4n) is 3.12. The number of para-hydroxylation sites is 2. The van der Waals surface area contributed by atoms with Crippen LogP contribution < -0.4 is 14.8 Å². The number of rotatable bonds is 11. The molecule has 0 aromatic heterocycles. The van der Waals surface area contributed by atoms with E-state index in [0.29, 0.717) is 41.7 Å². The molecule has 182 valence electrons. The number of nitrogens with zero attached hydrogens (tertiary/aromatic N) is 1. The Kier molecular flexibility index (Phi) is 9.60. The minimum Gasteiger partial charge on any atom is -0.486 e. The van der Waals surface area contributed by atoms with E-state index in [0.717, 1.165) is 0 Å². The third-order valence-electron chi connectivity index (χ3n) is 4.89. The zero-order chi connectivity index (χ0) is 24.3. The molecule has 1 aliphatic heterocycles. The van der Waals surface area contributed by atoms with Crippen LogP contribution in [0.3, 0.4) is 0 Å². The molecule has 1 unspecified atom stereocenters. The molecule has 34 heavy (non-hydrogen) atoms. The first-order chi connectivity index (χ1) is 16.5. The minimum absolute atomic E-state index is 0.141. The van der Waals surface area contributed by atoms with E-state index in [4.69, 9.17) is 18.9 Å². The van der Waals surface area contributed by atoms with E-state index in [1.165, 1.54) is 16.7 Å². The maximum absolute atomic E-state index is 12.6. The zero-order valence-corrected chi connectivity index (χ0v) is 20.0. The van der Waals surface area contributed by atoms with Gasteiger partial charge >= 0.3 is 5.97 Å². The molecule has 0 radical (unpaired) electrons. The molecule has 1 N–H and O–H groups in total. The number of carbonyl (C=O) groups excluding carboxylic acids is 3. The highest BCUT2D eigenvalue weighted by Gasteiger charge is 2.24. The predicted molar refractivity (Wildman–Crippen MR) is 126 cm³/mol. The first-order valence-corrected chi connectivity index (χ1v) is 11.7. The number of hydrogen-bond acceptors (Lipinski definition) is 8. The maximum atomic E-state index is 12.6. The summed E-state index contributed by atoms with van der Waals surface area (Å²) in [6.07, 6.45) is -0.327. The first-order valence-electron chi connectivity index (χ1n) is 10.7. The van der Waals surface area contributed by atoms with E-state index < -0.39 is 12.6 Å². The fourth-order valence-corrected chi connectivity index (χ4v) is 3.99. The molecule has 2 aromatic rings. The van der Waals surface area contributed by atoms with E-state index in [-0.39, 0.29) is 30.2 Å². The molecule has 0 bridgehead atoms. The topological polar surface area (TPSA) is 103 Å². The molecule has 0 saturated carbocycles. The number of hydrogen-bond donors (Lipinski definition) is 1. The van der Waals surface area contributed by atoms with Crippen molar-refractivity contribution in [3.8, 4) is 11.5 Å². The number of nitrogens with one attached hydrogen (secondary N) is 1. The lowest BCUT2D eigenvalue weighted by Gasteiger charge is -2.29. The Bertz CT molecular complexity index is 1000. The molecule has 0 spiro atoms. The SMILES string of the molecule is COCCNC(=O)CSc1ccccc1C(=O)OCC(=O)N(C)CC1COc2ccccc2O1. The Hall–Kier alpha value is -3.24.